The van der Waals surface area contributed by atoms with Gasteiger partial charge < -0.3 is 19.9 Å². The second-order valence-corrected chi connectivity index (χ2v) is 10.1. The van der Waals surface area contributed by atoms with Gasteiger partial charge in [-0.1, -0.05) is 0 Å². The summed E-state index contributed by atoms with van der Waals surface area (Å²) in [7, 11) is 1.98. The first kappa shape index (κ1) is 28.3. The quantitative estimate of drug-likeness (QED) is 0.531. The number of rotatable bonds is 7. The van der Waals surface area contributed by atoms with E-state index in [2.05, 4.69) is 19.9 Å². The molecule has 2 fully saturated rings. The van der Waals surface area contributed by atoms with Crippen molar-refractivity contribution in [3.8, 4) is 5.75 Å². The number of ether oxygens (including phenoxy) is 1. The number of alkyl halides is 3. The number of imide groups is 1. The molecule has 2 aromatic rings. The molecule has 10 nitrogen and oxygen atoms in total. The highest BCUT2D eigenvalue weighted by molar-refractivity contribution is 6.23. The molecule has 13 heteroatoms. The monoisotopic (exact) mass is 548 g/mol. The van der Waals surface area contributed by atoms with Gasteiger partial charge in [-0.3, -0.25) is 19.5 Å². The minimum atomic E-state index is -5.01. The molecule has 1 N–H and O–H groups in total. The van der Waals surface area contributed by atoms with E-state index in [0.717, 1.165) is 42.1 Å². The second-order valence-electron chi connectivity index (χ2n) is 10.1. The summed E-state index contributed by atoms with van der Waals surface area (Å²) in [5, 5.41) is 2.49. The molecule has 39 heavy (non-hydrogen) atoms. The summed E-state index contributed by atoms with van der Waals surface area (Å²) in [6.07, 6.45) is -1.02. The van der Waals surface area contributed by atoms with Crippen LogP contribution in [0.15, 0.2) is 42.7 Å². The van der Waals surface area contributed by atoms with Crippen molar-refractivity contribution in [3.63, 3.8) is 0 Å². The van der Waals surface area contributed by atoms with Gasteiger partial charge in [-0.05, 0) is 76.3 Å². The number of carbonyl (C=O) groups is 3. The van der Waals surface area contributed by atoms with Crippen molar-refractivity contribution in [2.24, 2.45) is 0 Å². The summed E-state index contributed by atoms with van der Waals surface area (Å²) >= 11 is 0. The number of pyridine rings is 1. The van der Waals surface area contributed by atoms with Crippen LogP contribution >= 0.6 is 0 Å². The van der Waals surface area contributed by atoms with Crippen molar-refractivity contribution in [3.05, 3.63) is 48.3 Å². The normalized spacial score (nSPS) is 18.8. The van der Waals surface area contributed by atoms with Crippen LogP contribution in [0.1, 0.15) is 25.8 Å². The van der Waals surface area contributed by atoms with Gasteiger partial charge in [-0.15, -0.1) is 13.2 Å². The van der Waals surface area contributed by atoms with E-state index in [4.69, 9.17) is 0 Å². The molecule has 2 aliphatic heterocycles. The third kappa shape index (κ3) is 6.66. The van der Waals surface area contributed by atoms with Crippen LogP contribution in [-0.4, -0.2) is 89.2 Å². The number of anilines is 2. The zero-order valence-corrected chi connectivity index (χ0v) is 22.0. The molecule has 1 aromatic heterocycles. The molecule has 210 valence electrons. The van der Waals surface area contributed by atoms with E-state index in [1.54, 1.807) is 38.4 Å². The predicted octanol–water partition coefficient (Wildman–Crippen LogP) is 3.30. The lowest BCUT2D eigenvalue weighted by Gasteiger charge is -2.27. The fraction of sp³-hybridized carbons (Fsp3) is 0.462. The Labute approximate surface area is 224 Å². The Bertz CT molecular complexity index is 1220. The molecule has 0 radical (unpaired) electrons. The molecule has 0 unspecified atom stereocenters. The lowest BCUT2D eigenvalue weighted by Crippen LogP contribution is -2.43. The van der Waals surface area contributed by atoms with Gasteiger partial charge in [-0.2, -0.15) is 0 Å². The average Bonchev–Trinajstić information content (AvgIpc) is 2.98. The van der Waals surface area contributed by atoms with Crippen LogP contribution < -0.4 is 15.0 Å². The first-order valence-corrected chi connectivity index (χ1v) is 12.5. The van der Waals surface area contributed by atoms with Crippen molar-refractivity contribution in [1.29, 1.82) is 0 Å². The summed E-state index contributed by atoms with van der Waals surface area (Å²) in [4.78, 5) is 49.9. The van der Waals surface area contributed by atoms with Gasteiger partial charge in [0.1, 0.15) is 5.54 Å². The Kier molecular flexibility index (Phi) is 8.12. The van der Waals surface area contributed by atoms with Crippen LogP contribution in [-0.2, 0) is 16.1 Å². The smallest absolute Gasteiger partial charge is 0.404 e. The van der Waals surface area contributed by atoms with E-state index in [1.165, 1.54) is 11.0 Å². The third-order valence-corrected chi connectivity index (χ3v) is 6.81. The number of aromatic nitrogens is 1. The topological polar surface area (TPSA) is 98.3 Å². The Morgan fingerprint density at radius 1 is 1.08 bits per heavy atom. The molecule has 0 atom stereocenters. The molecule has 2 saturated heterocycles. The van der Waals surface area contributed by atoms with E-state index < -0.39 is 35.5 Å². The van der Waals surface area contributed by atoms with E-state index >= 15 is 0 Å². The summed E-state index contributed by atoms with van der Waals surface area (Å²) < 4.78 is 43.5. The SMILES string of the molecule is CN1CCCN(CC(=O)Nc2cc(N3C(=O)N(Cc4ccncc4)C(C)(C)C3=O)ccc2OC(F)(F)F)CC1. The van der Waals surface area contributed by atoms with E-state index in [0.29, 0.717) is 13.1 Å². The summed E-state index contributed by atoms with van der Waals surface area (Å²) in [5.41, 5.74) is -0.767. The molecular weight excluding hydrogens is 517 g/mol. The molecular formula is C26H31F3N6O4. The molecule has 0 saturated carbocycles. The predicted molar refractivity (Wildman–Crippen MR) is 137 cm³/mol. The van der Waals surface area contributed by atoms with Gasteiger partial charge in [0.05, 0.1) is 17.9 Å². The van der Waals surface area contributed by atoms with Gasteiger partial charge in [-0.25, -0.2) is 9.69 Å². The highest BCUT2D eigenvalue weighted by Gasteiger charge is 2.52. The third-order valence-electron chi connectivity index (χ3n) is 6.81. The van der Waals surface area contributed by atoms with Crippen molar-refractivity contribution in [2.75, 3.05) is 50.0 Å². The van der Waals surface area contributed by atoms with E-state index in [-0.39, 0.29) is 24.5 Å². The van der Waals surface area contributed by atoms with Gasteiger partial charge in [0.15, 0.2) is 5.75 Å². The second kappa shape index (κ2) is 11.2. The summed E-state index contributed by atoms with van der Waals surface area (Å²) in [6, 6.07) is 6.11. The molecule has 0 aliphatic carbocycles. The fourth-order valence-electron chi connectivity index (χ4n) is 4.62. The maximum Gasteiger partial charge on any atom is 0.573 e. The Morgan fingerprint density at radius 3 is 2.49 bits per heavy atom. The Hall–Kier alpha value is -3.71. The zero-order chi connectivity index (χ0) is 28.4. The lowest BCUT2D eigenvalue weighted by atomic mass is 10.0. The lowest BCUT2D eigenvalue weighted by molar-refractivity contribution is -0.274. The number of nitrogens with one attached hydrogen (secondary N) is 1. The van der Waals surface area contributed by atoms with Crippen LogP contribution in [0.4, 0.5) is 29.3 Å². The average molecular weight is 549 g/mol. The molecule has 1 aromatic carbocycles. The minimum absolute atomic E-state index is 0.0107. The van der Waals surface area contributed by atoms with Crippen molar-refractivity contribution >= 4 is 29.2 Å². The maximum absolute atomic E-state index is 13.4. The number of likely N-dealkylation sites (N-methyl/N-ethyl adjacent to an activating group) is 1. The number of halogens is 3. The number of nitrogens with zero attached hydrogens (tertiary/aromatic N) is 5. The molecule has 4 amide bonds. The van der Waals surface area contributed by atoms with Crippen molar-refractivity contribution in [1.82, 2.24) is 19.7 Å². The largest absolute Gasteiger partial charge is 0.573 e. The number of benzene rings is 1. The molecule has 0 spiro atoms. The standard InChI is InChI=1S/C26H31F3N6O4/c1-25(2)23(37)35(24(38)34(25)16-18-7-9-30-10-8-18)19-5-6-21(39-26(27,28)29)20(15-19)31-22(36)17-33-12-4-11-32(3)13-14-33/h5-10,15H,4,11-14,16-17H2,1-3H3,(H,31,36). The summed E-state index contributed by atoms with van der Waals surface area (Å²) in [5.74, 6) is -1.75. The number of carbonyl (C=O) groups excluding carboxylic acids is 3. The molecule has 2 aliphatic rings. The number of hydrogen-bond acceptors (Lipinski definition) is 7. The van der Waals surface area contributed by atoms with Gasteiger partial charge >= 0.3 is 12.4 Å². The number of urea groups is 1. The first-order valence-electron chi connectivity index (χ1n) is 12.5. The molecule has 0 bridgehead atoms. The number of amides is 4. The number of hydrogen-bond donors (Lipinski definition) is 1. The highest BCUT2D eigenvalue weighted by Crippen LogP contribution is 2.38. The van der Waals surface area contributed by atoms with E-state index in [1.807, 2.05) is 11.9 Å². The van der Waals surface area contributed by atoms with Crippen LogP contribution in [0.3, 0.4) is 0 Å². The molecule has 4 rings (SSSR count). The van der Waals surface area contributed by atoms with Crippen LogP contribution in [0, 0.1) is 0 Å². The Morgan fingerprint density at radius 2 is 1.79 bits per heavy atom. The van der Waals surface area contributed by atoms with Gasteiger partial charge in [0.25, 0.3) is 5.91 Å². The van der Waals surface area contributed by atoms with Crippen LogP contribution in [0.2, 0.25) is 0 Å². The first-order chi connectivity index (χ1) is 18.3. The van der Waals surface area contributed by atoms with Crippen LogP contribution in [0.5, 0.6) is 5.75 Å². The fourth-order valence-corrected chi connectivity index (χ4v) is 4.62. The van der Waals surface area contributed by atoms with Crippen LogP contribution in [0.25, 0.3) is 0 Å². The van der Waals surface area contributed by atoms with Crippen molar-refractivity contribution in [2.45, 2.75) is 38.7 Å². The Balaban J connectivity index is 1.59. The van der Waals surface area contributed by atoms with Crippen molar-refractivity contribution < 1.29 is 32.3 Å². The minimum Gasteiger partial charge on any atom is -0.404 e. The highest BCUT2D eigenvalue weighted by atomic mass is 19.4. The van der Waals surface area contributed by atoms with Gasteiger partial charge in [0, 0.05) is 32.0 Å². The zero-order valence-electron chi connectivity index (χ0n) is 22.0. The van der Waals surface area contributed by atoms with E-state index in [9.17, 15) is 27.6 Å². The summed E-state index contributed by atoms with van der Waals surface area (Å²) in [6.45, 7) is 6.23. The van der Waals surface area contributed by atoms with Gasteiger partial charge in [0.2, 0.25) is 5.91 Å². The molecule has 3 heterocycles. The maximum atomic E-state index is 13.4.